The second-order valence-corrected chi connectivity index (χ2v) is 8.32. The second-order valence-electron chi connectivity index (χ2n) is 7.47. The number of methoxy groups -OCH3 is 1. The Kier molecular flexibility index (Phi) is 7.63. The molecule has 2 aromatic carbocycles. The maximum absolute atomic E-state index is 12.1. The molecule has 1 N–H and O–H groups in total. The number of hydrogen-bond donors (Lipinski definition) is 1. The van der Waals surface area contributed by atoms with Crippen LogP contribution in [0.4, 0.5) is 5.69 Å². The molecule has 6 heteroatoms. The van der Waals surface area contributed by atoms with Gasteiger partial charge < -0.3 is 14.8 Å². The molecule has 5 nitrogen and oxygen atoms in total. The van der Waals surface area contributed by atoms with Crippen LogP contribution >= 0.6 is 15.9 Å². The van der Waals surface area contributed by atoms with Crippen molar-refractivity contribution in [1.29, 1.82) is 0 Å². The number of anilines is 1. The lowest BCUT2D eigenvalue weighted by molar-refractivity contribution is -0.116. The minimum absolute atomic E-state index is 0.0737. The number of carbonyl (C=O) groups excluding carboxylic acids is 2. The average molecular weight is 448 g/mol. The highest BCUT2D eigenvalue weighted by Gasteiger charge is 2.15. The molecular weight excluding hydrogens is 422 g/mol. The first-order valence-corrected chi connectivity index (χ1v) is 9.91. The summed E-state index contributed by atoms with van der Waals surface area (Å²) in [5, 5.41) is 2.78. The van der Waals surface area contributed by atoms with E-state index in [4.69, 9.17) is 4.74 Å². The number of esters is 1. The van der Waals surface area contributed by atoms with Crippen molar-refractivity contribution in [3.8, 4) is 5.75 Å². The number of nitrogens with one attached hydrogen (secondary N) is 1. The molecule has 0 aliphatic heterocycles. The van der Waals surface area contributed by atoms with E-state index in [0.29, 0.717) is 30.7 Å². The van der Waals surface area contributed by atoms with Crippen LogP contribution in [0.2, 0.25) is 0 Å². The standard InChI is InChI=1S/C22H26BrNO4/c1-22(2,3)16-10-11-19(18(23)14-16)28-12-6-9-20(25)24-17-8-5-7-15(13-17)21(26)27-4/h5,7-8,10-11,13-14H,6,9,12H2,1-4H3,(H,24,25). The van der Waals surface area contributed by atoms with Crippen LogP contribution in [0.1, 0.15) is 49.5 Å². The summed E-state index contributed by atoms with van der Waals surface area (Å²) in [7, 11) is 1.32. The van der Waals surface area contributed by atoms with Crippen molar-refractivity contribution in [2.45, 2.75) is 39.0 Å². The zero-order valence-electron chi connectivity index (χ0n) is 16.7. The molecule has 0 atom stereocenters. The molecule has 0 spiro atoms. The molecule has 0 aromatic heterocycles. The summed E-state index contributed by atoms with van der Waals surface area (Å²) in [5.74, 6) is 0.194. The quantitative estimate of drug-likeness (QED) is 0.459. The van der Waals surface area contributed by atoms with Gasteiger partial charge in [0.15, 0.2) is 0 Å². The van der Waals surface area contributed by atoms with Crippen molar-refractivity contribution in [3.63, 3.8) is 0 Å². The van der Waals surface area contributed by atoms with Crippen LogP contribution in [-0.4, -0.2) is 25.6 Å². The van der Waals surface area contributed by atoms with E-state index in [1.165, 1.54) is 12.7 Å². The van der Waals surface area contributed by atoms with E-state index in [0.717, 1.165) is 10.2 Å². The van der Waals surface area contributed by atoms with E-state index in [1.54, 1.807) is 24.3 Å². The fraction of sp³-hybridized carbons (Fsp3) is 0.364. The Morgan fingerprint density at radius 1 is 1.11 bits per heavy atom. The summed E-state index contributed by atoms with van der Waals surface area (Å²) >= 11 is 3.55. The average Bonchev–Trinajstić information content (AvgIpc) is 2.65. The maximum atomic E-state index is 12.1. The van der Waals surface area contributed by atoms with Gasteiger partial charge >= 0.3 is 5.97 Å². The lowest BCUT2D eigenvalue weighted by Gasteiger charge is -2.20. The first-order chi connectivity index (χ1) is 13.2. The van der Waals surface area contributed by atoms with Crippen LogP contribution in [0.3, 0.4) is 0 Å². The minimum Gasteiger partial charge on any atom is -0.492 e. The van der Waals surface area contributed by atoms with Gasteiger partial charge in [0.1, 0.15) is 5.75 Å². The predicted molar refractivity (Wildman–Crippen MR) is 114 cm³/mol. The summed E-state index contributed by atoms with van der Waals surface area (Å²) in [4.78, 5) is 23.6. The fourth-order valence-electron chi connectivity index (χ4n) is 2.56. The second kappa shape index (κ2) is 9.73. The van der Waals surface area contributed by atoms with Crippen LogP contribution in [0, 0.1) is 0 Å². The van der Waals surface area contributed by atoms with Crippen molar-refractivity contribution < 1.29 is 19.1 Å². The topological polar surface area (TPSA) is 64.6 Å². The number of rotatable bonds is 7. The van der Waals surface area contributed by atoms with Gasteiger partial charge in [0.05, 0.1) is 23.8 Å². The lowest BCUT2D eigenvalue weighted by Crippen LogP contribution is -2.13. The highest BCUT2D eigenvalue weighted by atomic mass is 79.9. The SMILES string of the molecule is COC(=O)c1cccc(NC(=O)CCCOc2ccc(C(C)(C)C)cc2Br)c1. The number of halogens is 1. The van der Waals surface area contributed by atoms with Gasteiger partial charge in [-0.15, -0.1) is 0 Å². The molecule has 0 unspecified atom stereocenters. The van der Waals surface area contributed by atoms with Crippen molar-refractivity contribution >= 4 is 33.5 Å². The molecule has 28 heavy (non-hydrogen) atoms. The number of carbonyl (C=O) groups is 2. The van der Waals surface area contributed by atoms with Gasteiger partial charge in [-0.2, -0.15) is 0 Å². The largest absolute Gasteiger partial charge is 0.492 e. The third kappa shape index (κ3) is 6.37. The van der Waals surface area contributed by atoms with Crippen LogP contribution in [0.5, 0.6) is 5.75 Å². The molecule has 2 rings (SSSR count). The summed E-state index contributed by atoms with van der Waals surface area (Å²) in [5.41, 5.74) is 2.26. The van der Waals surface area contributed by atoms with Gasteiger partial charge in [0.2, 0.25) is 5.91 Å². The van der Waals surface area contributed by atoms with Crippen molar-refractivity contribution in [2.24, 2.45) is 0 Å². The summed E-state index contributed by atoms with van der Waals surface area (Å²) in [6.07, 6.45) is 0.899. The zero-order valence-corrected chi connectivity index (χ0v) is 18.3. The first-order valence-electron chi connectivity index (χ1n) is 9.12. The van der Waals surface area contributed by atoms with Crippen molar-refractivity contribution in [2.75, 3.05) is 19.0 Å². The summed E-state index contributed by atoms with van der Waals surface area (Å²) in [6.45, 7) is 6.92. The van der Waals surface area contributed by atoms with Gasteiger partial charge in [-0.3, -0.25) is 4.79 Å². The van der Waals surface area contributed by atoms with Gasteiger partial charge in [-0.1, -0.05) is 32.9 Å². The lowest BCUT2D eigenvalue weighted by atomic mass is 9.87. The summed E-state index contributed by atoms with van der Waals surface area (Å²) < 4.78 is 11.4. The van der Waals surface area contributed by atoms with Crippen LogP contribution in [0.25, 0.3) is 0 Å². The van der Waals surface area contributed by atoms with Gasteiger partial charge in [-0.25, -0.2) is 4.79 Å². The molecule has 0 radical (unpaired) electrons. The normalized spacial score (nSPS) is 11.0. The molecule has 0 saturated carbocycles. The number of hydrogen-bond acceptors (Lipinski definition) is 4. The highest BCUT2D eigenvalue weighted by Crippen LogP contribution is 2.31. The zero-order chi connectivity index (χ0) is 20.7. The number of amides is 1. The highest BCUT2D eigenvalue weighted by molar-refractivity contribution is 9.10. The van der Waals surface area contributed by atoms with Crippen molar-refractivity contribution in [3.05, 3.63) is 58.1 Å². The van der Waals surface area contributed by atoms with E-state index in [-0.39, 0.29) is 11.3 Å². The van der Waals surface area contributed by atoms with Gasteiger partial charge in [-0.05, 0) is 63.7 Å². The Morgan fingerprint density at radius 3 is 2.50 bits per heavy atom. The third-order valence-electron chi connectivity index (χ3n) is 4.17. The molecular formula is C22H26BrNO4. The molecule has 0 aliphatic rings. The Labute approximate surface area is 174 Å². The molecule has 0 fully saturated rings. The van der Waals surface area contributed by atoms with Crippen LogP contribution in [0.15, 0.2) is 46.9 Å². The first kappa shape index (κ1) is 22.0. The van der Waals surface area contributed by atoms with E-state index >= 15 is 0 Å². The van der Waals surface area contributed by atoms with Gasteiger partial charge in [0.25, 0.3) is 0 Å². The number of benzene rings is 2. The predicted octanol–water partition coefficient (Wildman–Crippen LogP) is 5.33. The third-order valence-corrected chi connectivity index (χ3v) is 4.79. The molecule has 150 valence electrons. The van der Waals surface area contributed by atoms with E-state index in [2.05, 4.69) is 58.9 Å². The fourth-order valence-corrected chi connectivity index (χ4v) is 3.06. The molecule has 0 aliphatic carbocycles. The molecule has 0 heterocycles. The van der Waals surface area contributed by atoms with Crippen LogP contribution in [-0.2, 0) is 14.9 Å². The van der Waals surface area contributed by atoms with Crippen LogP contribution < -0.4 is 10.1 Å². The Balaban J connectivity index is 1.81. The number of ether oxygens (including phenoxy) is 2. The molecule has 0 saturated heterocycles. The Hall–Kier alpha value is -2.34. The van der Waals surface area contributed by atoms with E-state index in [9.17, 15) is 9.59 Å². The van der Waals surface area contributed by atoms with E-state index in [1.807, 2.05) is 6.07 Å². The molecule has 2 aromatic rings. The Bertz CT molecular complexity index is 843. The molecule has 0 bridgehead atoms. The smallest absolute Gasteiger partial charge is 0.337 e. The molecule has 1 amide bonds. The summed E-state index contributed by atoms with van der Waals surface area (Å²) in [6, 6.07) is 12.7. The minimum atomic E-state index is -0.437. The van der Waals surface area contributed by atoms with E-state index < -0.39 is 5.97 Å². The van der Waals surface area contributed by atoms with Crippen molar-refractivity contribution in [1.82, 2.24) is 0 Å². The maximum Gasteiger partial charge on any atom is 0.337 e. The van der Waals surface area contributed by atoms with Gasteiger partial charge in [0, 0.05) is 12.1 Å². The Morgan fingerprint density at radius 2 is 1.86 bits per heavy atom. The monoisotopic (exact) mass is 447 g/mol.